The van der Waals surface area contributed by atoms with E-state index in [1.54, 1.807) is 24.3 Å². The van der Waals surface area contributed by atoms with Gasteiger partial charge in [-0.1, -0.05) is 60.1 Å². The van der Waals surface area contributed by atoms with Crippen molar-refractivity contribution >= 4 is 45.6 Å². The lowest BCUT2D eigenvalue weighted by Crippen LogP contribution is -2.28. The first kappa shape index (κ1) is 23.6. The van der Waals surface area contributed by atoms with E-state index in [4.69, 9.17) is 16.3 Å². The molecule has 0 radical (unpaired) electrons. The molecule has 0 unspecified atom stereocenters. The zero-order chi connectivity index (χ0) is 24.9. The Morgan fingerprint density at radius 2 is 1.71 bits per heavy atom. The van der Waals surface area contributed by atoms with E-state index in [0.29, 0.717) is 0 Å². The minimum atomic E-state index is -0.914. The molecule has 0 bridgehead atoms. The van der Waals surface area contributed by atoms with Crippen LogP contribution in [-0.4, -0.2) is 33.2 Å². The number of nitrogens with zero attached hydrogens (tertiary/aromatic N) is 3. The molecule has 0 aliphatic heterocycles. The summed E-state index contributed by atoms with van der Waals surface area (Å²) in [6.45, 7) is -0.567. The summed E-state index contributed by atoms with van der Waals surface area (Å²) < 4.78 is 6.29. The molecule has 1 aromatic heterocycles. The van der Waals surface area contributed by atoms with E-state index in [9.17, 15) is 24.5 Å². The molecule has 4 rings (SSSR count). The quantitative estimate of drug-likeness (QED) is 0.235. The predicted octanol–water partition coefficient (Wildman–Crippen LogP) is 3.80. The van der Waals surface area contributed by atoms with Crippen LogP contribution >= 0.6 is 11.6 Å². The molecule has 1 amide bonds. The number of hydrogen-bond acceptors (Lipinski definition) is 7. The highest BCUT2D eigenvalue weighted by molar-refractivity contribution is 6.33. The zero-order valence-corrected chi connectivity index (χ0v) is 18.8. The Kier molecular flexibility index (Phi) is 6.83. The number of anilines is 1. The number of ether oxygens (including phenoxy) is 1. The number of rotatable bonds is 7. The van der Waals surface area contributed by atoms with E-state index in [1.165, 1.54) is 12.1 Å². The van der Waals surface area contributed by atoms with Gasteiger partial charge in [0.15, 0.2) is 12.3 Å². The molecule has 3 aromatic carbocycles. The number of aromatic nitrogens is 2. The van der Waals surface area contributed by atoms with Crippen LogP contribution in [0.1, 0.15) is 16.1 Å². The number of esters is 1. The monoisotopic (exact) mass is 492 g/mol. The lowest BCUT2D eigenvalue weighted by Gasteiger charge is -2.11. The molecule has 4 aromatic rings. The second-order valence-electron chi connectivity index (χ2n) is 7.39. The third-order valence-corrected chi connectivity index (χ3v) is 5.34. The highest BCUT2D eigenvalue weighted by atomic mass is 35.5. The largest absolute Gasteiger partial charge is 0.451 e. The maximum atomic E-state index is 12.9. The van der Waals surface area contributed by atoms with Gasteiger partial charge in [-0.2, -0.15) is 5.10 Å². The molecule has 0 saturated carbocycles. The molecule has 11 heteroatoms. The molecule has 0 atom stereocenters. The Labute approximate surface area is 202 Å². The van der Waals surface area contributed by atoms with Gasteiger partial charge in [0, 0.05) is 17.5 Å². The Balaban J connectivity index is 1.55. The first-order valence-corrected chi connectivity index (χ1v) is 10.7. The van der Waals surface area contributed by atoms with Crippen LogP contribution in [0.15, 0.2) is 77.6 Å². The minimum absolute atomic E-state index is 0.00176. The molecular formula is C24H17ClN4O6. The molecule has 35 heavy (non-hydrogen) atoms. The smallest absolute Gasteiger partial charge is 0.359 e. The van der Waals surface area contributed by atoms with E-state index in [-0.39, 0.29) is 45.0 Å². The summed E-state index contributed by atoms with van der Waals surface area (Å²) in [5.74, 6) is -1.68. The Bertz CT molecular complexity index is 1500. The molecule has 0 fully saturated rings. The van der Waals surface area contributed by atoms with Gasteiger partial charge in [0.05, 0.1) is 27.6 Å². The van der Waals surface area contributed by atoms with Crippen molar-refractivity contribution in [2.75, 3.05) is 11.9 Å². The highest BCUT2D eigenvalue weighted by Gasteiger charge is 2.20. The van der Waals surface area contributed by atoms with Crippen LogP contribution in [0.2, 0.25) is 5.02 Å². The lowest BCUT2D eigenvalue weighted by molar-refractivity contribution is -0.384. The second kappa shape index (κ2) is 10.1. The van der Waals surface area contributed by atoms with Crippen molar-refractivity contribution in [2.45, 2.75) is 6.54 Å². The molecule has 0 spiro atoms. The van der Waals surface area contributed by atoms with Crippen molar-refractivity contribution in [1.29, 1.82) is 0 Å². The standard InChI is InChI=1S/C24H17ClN4O6/c25-19-11-10-16(29(33)34)12-20(19)26-21(30)14-35-24(32)22-17-8-4-5-9-18(17)23(31)28(27-22)13-15-6-2-1-3-7-15/h1-12H,13-14H2,(H,26,30). The van der Waals surface area contributed by atoms with Gasteiger partial charge in [0.1, 0.15) is 0 Å². The second-order valence-corrected chi connectivity index (χ2v) is 7.80. The Morgan fingerprint density at radius 3 is 2.43 bits per heavy atom. The third kappa shape index (κ3) is 5.33. The van der Waals surface area contributed by atoms with Gasteiger partial charge < -0.3 is 10.1 Å². The van der Waals surface area contributed by atoms with Gasteiger partial charge >= 0.3 is 5.97 Å². The number of nitro benzene ring substituents is 1. The maximum absolute atomic E-state index is 12.9. The van der Waals surface area contributed by atoms with Crippen molar-refractivity contribution in [3.05, 3.63) is 110 Å². The third-order valence-electron chi connectivity index (χ3n) is 5.01. The van der Waals surface area contributed by atoms with Crippen molar-refractivity contribution in [1.82, 2.24) is 9.78 Å². The Hall–Kier alpha value is -4.57. The average Bonchev–Trinajstić information content (AvgIpc) is 2.86. The van der Waals surface area contributed by atoms with Crippen LogP contribution in [0.4, 0.5) is 11.4 Å². The average molecular weight is 493 g/mol. The molecule has 0 aliphatic carbocycles. The topological polar surface area (TPSA) is 133 Å². The fraction of sp³-hybridized carbons (Fsp3) is 0.0833. The van der Waals surface area contributed by atoms with Crippen LogP contribution in [0.25, 0.3) is 10.8 Å². The van der Waals surface area contributed by atoms with Crippen LogP contribution < -0.4 is 10.9 Å². The van der Waals surface area contributed by atoms with Gasteiger partial charge in [-0.05, 0) is 17.7 Å². The summed E-state index contributed by atoms with van der Waals surface area (Å²) in [7, 11) is 0. The van der Waals surface area contributed by atoms with Crippen LogP contribution in [0, 0.1) is 10.1 Å². The molecule has 176 valence electrons. The summed E-state index contributed by atoms with van der Waals surface area (Å²) in [6, 6.07) is 19.2. The summed E-state index contributed by atoms with van der Waals surface area (Å²) in [4.78, 5) is 48.4. The molecule has 1 N–H and O–H groups in total. The van der Waals surface area contributed by atoms with E-state index >= 15 is 0 Å². The van der Waals surface area contributed by atoms with E-state index in [2.05, 4.69) is 10.4 Å². The number of amides is 1. The fourth-order valence-electron chi connectivity index (χ4n) is 3.36. The molecular weight excluding hydrogens is 476 g/mol. The fourth-order valence-corrected chi connectivity index (χ4v) is 3.52. The zero-order valence-electron chi connectivity index (χ0n) is 18.0. The molecule has 1 heterocycles. The summed E-state index contributed by atoms with van der Waals surface area (Å²) in [5.41, 5.74) is 0.0428. The number of hydrogen-bond donors (Lipinski definition) is 1. The van der Waals surface area contributed by atoms with Crippen LogP contribution in [0.5, 0.6) is 0 Å². The first-order chi connectivity index (χ1) is 16.8. The maximum Gasteiger partial charge on any atom is 0.359 e. The van der Waals surface area contributed by atoms with Gasteiger partial charge in [0.2, 0.25) is 0 Å². The van der Waals surface area contributed by atoms with Crippen LogP contribution in [-0.2, 0) is 16.1 Å². The minimum Gasteiger partial charge on any atom is -0.451 e. The number of nitro groups is 1. The summed E-state index contributed by atoms with van der Waals surface area (Å²) in [6.07, 6.45) is 0. The number of non-ortho nitro benzene ring substituents is 1. The number of fused-ring (bicyclic) bond motifs is 1. The van der Waals surface area contributed by atoms with Crippen LogP contribution in [0.3, 0.4) is 0 Å². The summed E-state index contributed by atoms with van der Waals surface area (Å²) >= 11 is 5.98. The predicted molar refractivity (Wildman–Crippen MR) is 129 cm³/mol. The number of carbonyl (C=O) groups is 2. The lowest BCUT2D eigenvalue weighted by atomic mass is 10.1. The molecule has 0 saturated heterocycles. The summed E-state index contributed by atoms with van der Waals surface area (Å²) in [5, 5.41) is 18.2. The number of carbonyl (C=O) groups excluding carboxylic acids is 2. The SMILES string of the molecule is O=C(COC(=O)c1nn(Cc2ccccc2)c(=O)c2ccccc12)Nc1cc([N+](=O)[O-])ccc1Cl. The molecule has 10 nitrogen and oxygen atoms in total. The van der Waals surface area contributed by atoms with Gasteiger partial charge in [-0.3, -0.25) is 19.7 Å². The van der Waals surface area contributed by atoms with Crippen molar-refractivity contribution in [3.63, 3.8) is 0 Å². The highest BCUT2D eigenvalue weighted by Crippen LogP contribution is 2.26. The van der Waals surface area contributed by atoms with E-state index < -0.39 is 23.4 Å². The van der Waals surface area contributed by atoms with Gasteiger partial charge in [0.25, 0.3) is 17.2 Å². The number of nitrogens with one attached hydrogen (secondary N) is 1. The van der Waals surface area contributed by atoms with Gasteiger partial charge in [-0.15, -0.1) is 0 Å². The van der Waals surface area contributed by atoms with Gasteiger partial charge in [-0.25, -0.2) is 9.48 Å². The normalized spacial score (nSPS) is 10.7. The van der Waals surface area contributed by atoms with Crippen molar-refractivity contribution in [2.24, 2.45) is 0 Å². The van der Waals surface area contributed by atoms with E-state index in [0.717, 1.165) is 16.3 Å². The van der Waals surface area contributed by atoms with Crippen molar-refractivity contribution in [3.8, 4) is 0 Å². The Morgan fingerprint density at radius 1 is 1.03 bits per heavy atom. The van der Waals surface area contributed by atoms with Crippen molar-refractivity contribution < 1.29 is 19.2 Å². The number of benzene rings is 3. The first-order valence-electron chi connectivity index (χ1n) is 10.3. The number of halogens is 1. The molecule has 0 aliphatic rings. The van der Waals surface area contributed by atoms with E-state index in [1.807, 2.05) is 30.3 Å².